The van der Waals surface area contributed by atoms with Crippen molar-refractivity contribution in [1.82, 2.24) is 0 Å². The predicted octanol–water partition coefficient (Wildman–Crippen LogP) is 2.17. The van der Waals surface area contributed by atoms with Gasteiger partial charge in [0.2, 0.25) is 0 Å². The molecule has 3 heteroatoms. The molecule has 0 aromatic heterocycles. The summed E-state index contributed by atoms with van der Waals surface area (Å²) < 4.78 is 5.71. The molecule has 0 amide bonds. The van der Waals surface area contributed by atoms with Gasteiger partial charge >= 0.3 is 0 Å². The fourth-order valence-electron chi connectivity index (χ4n) is 1.69. The standard InChI is InChI=1S/C11H12O2S/c1-14-7-10-5-9-4-8(6-12)2-3-11(9)13-10/h2-4,6,10H,5,7H2,1H3. The Morgan fingerprint density at radius 2 is 2.50 bits per heavy atom. The number of ether oxygens (including phenoxy) is 1. The van der Waals surface area contributed by atoms with E-state index in [1.807, 2.05) is 12.1 Å². The molecular weight excluding hydrogens is 196 g/mol. The van der Waals surface area contributed by atoms with Gasteiger partial charge < -0.3 is 4.74 Å². The molecule has 1 aromatic carbocycles. The lowest BCUT2D eigenvalue weighted by Crippen LogP contribution is -2.15. The monoisotopic (exact) mass is 208 g/mol. The van der Waals surface area contributed by atoms with Gasteiger partial charge in [0.05, 0.1) is 0 Å². The first-order valence-electron chi connectivity index (χ1n) is 4.57. The number of rotatable bonds is 3. The van der Waals surface area contributed by atoms with Crippen LogP contribution in [0.3, 0.4) is 0 Å². The van der Waals surface area contributed by atoms with Gasteiger partial charge in [0.1, 0.15) is 18.1 Å². The van der Waals surface area contributed by atoms with Crippen LogP contribution in [0.5, 0.6) is 5.75 Å². The van der Waals surface area contributed by atoms with Gasteiger partial charge in [-0.1, -0.05) is 0 Å². The number of aldehydes is 1. The summed E-state index contributed by atoms with van der Waals surface area (Å²) in [5.41, 5.74) is 1.89. The van der Waals surface area contributed by atoms with Gasteiger partial charge in [0, 0.05) is 17.7 Å². The Bertz CT molecular complexity index is 349. The fraction of sp³-hybridized carbons (Fsp3) is 0.364. The molecule has 1 aromatic rings. The van der Waals surface area contributed by atoms with E-state index in [-0.39, 0.29) is 6.10 Å². The molecule has 0 saturated heterocycles. The van der Waals surface area contributed by atoms with Crippen LogP contribution < -0.4 is 4.74 Å². The van der Waals surface area contributed by atoms with E-state index in [1.54, 1.807) is 17.8 Å². The van der Waals surface area contributed by atoms with E-state index < -0.39 is 0 Å². The summed E-state index contributed by atoms with van der Waals surface area (Å²) >= 11 is 1.78. The highest BCUT2D eigenvalue weighted by Gasteiger charge is 2.22. The maximum atomic E-state index is 10.6. The van der Waals surface area contributed by atoms with Crippen molar-refractivity contribution in [1.29, 1.82) is 0 Å². The summed E-state index contributed by atoms with van der Waals surface area (Å²) in [4.78, 5) is 10.6. The Morgan fingerprint density at radius 3 is 3.21 bits per heavy atom. The minimum atomic E-state index is 0.280. The van der Waals surface area contributed by atoms with Gasteiger partial charge in [-0.05, 0) is 30.0 Å². The first kappa shape index (κ1) is 9.59. The van der Waals surface area contributed by atoms with Crippen molar-refractivity contribution in [2.75, 3.05) is 12.0 Å². The van der Waals surface area contributed by atoms with E-state index in [1.165, 1.54) is 0 Å². The number of benzene rings is 1. The van der Waals surface area contributed by atoms with Gasteiger partial charge in [-0.15, -0.1) is 0 Å². The number of carbonyl (C=O) groups excluding carboxylic acids is 1. The van der Waals surface area contributed by atoms with E-state index >= 15 is 0 Å². The Labute approximate surface area is 87.6 Å². The SMILES string of the molecule is CSCC1Cc2cc(C=O)ccc2O1. The number of carbonyl (C=O) groups is 1. The highest BCUT2D eigenvalue weighted by Crippen LogP contribution is 2.30. The van der Waals surface area contributed by atoms with Crippen molar-refractivity contribution in [2.24, 2.45) is 0 Å². The van der Waals surface area contributed by atoms with Crippen molar-refractivity contribution in [2.45, 2.75) is 12.5 Å². The second kappa shape index (κ2) is 4.05. The van der Waals surface area contributed by atoms with Gasteiger partial charge in [-0.3, -0.25) is 4.79 Å². The second-order valence-electron chi connectivity index (χ2n) is 3.38. The lowest BCUT2D eigenvalue weighted by Gasteiger charge is -2.07. The first-order valence-corrected chi connectivity index (χ1v) is 5.96. The molecule has 0 saturated carbocycles. The van der Waals surface area contributed by atoms with Crippen LogP contribution in [0.4, 0.5) is 0 Å². The first-order chi connectivity index (χ1) is 6.83. The Balaban J connectivity index is 2.18. The maximum Gasteiger partial charge on any atom is 0.150 e. The van der Waals surface area contributed by atoms with Crippen molar-refractivity contribution < 1.29 is 9.53 Å². The van der Waals surface area contributed by atoms with Crippen LogP contribution in [-0.4, -0.2) is 24.4 Å². The van der Waals surface area contributed by atoms with Crippen molar-refractivity contribution in [3.8, 4) is 5.75 Å². The van der Waals surface area contributed by atoms with Crippen molar-refractivity contribution >= 4 is 18.0 Å². The smallest absolute Gasteiger partial charge is 0.150 e. The summed E-state index contributed by atoms with van der Waals surface area (Å²) in [6.45, 7) is 0. The average Bonchev–Trinajstić information content (AvgIpc) is 2.59. The molecule has 0 aliphatic carbocycles. The number of hydrogen-bond donors (Lipinski definition) is 0. The predicted molar refractivity (Wildman–Crippen MR) is 58.3 cm³/mol. The molecule has 1 aliphatic heterocycles. The highest BCUT2D eigenvalue weighted by atomic mass is 32.2. The summed E-state index contributed by atoms with van der Waals surface area (Å²) in [5.74, 6) is 1.94. The van der Waals surface area contributed by atoms with Crippen LogP contribution >= 0.6 is 11.8 Å². The molecular formula is C11H12O2S. The summed E-state index contributed by atoms with van der Waals surface area (Å²) in [7, 11) is 0. The maximum absolute atomic E-state index is 10.6. The van der Waals surface area contributed by atoms with Crippen molar-refractivity contribution in [3.63, 3.8) is 0 Å². The fourth-order valence-corrected chi connectivity index (χ4v) is 2.25. The zero-order valence-corrected chi connectivity index (χ0v) is 8.84. The number of hydrogen-bond acceptors (Lipinski definition) is 3. The van der Waals surface area contributed by atoms with Crippen LogP contribution in [0, 0.1) is 0 Å². The van der Waals surface area contributed by atoms with E-state index in [0.717, 1.165) is 35.3 Å². The molecule has 2 nitrogen and oxygen atoms in total. The zero-order valence-electron chi connectivity index (χ0n) is 8.03. The van der Waals surface area contributed by atoms with E-state index in [0.29, 0.717) is 0 Å². The van der Waals surface area contributed by atoms with E-state index in [4.69, 9.17) is 4.74 Å². The van der Waals surface area contributed by atoms with Crippen molar-refractivity contribution in [3.05, 3.63) is 29.3 Å². The van der Waals surface area contributed by atoms with Crippen LogP contribution in [0.25, 0.3) is 0 Å². The molecule has 0 spiro atoms. The summed E-state index contributed by atoms with van der Waals surface area (Å²) in [6.07, 6.45) is 4.16. The Morgan fingerprint density at radius 1 is 1.64 bits per heavy atom. The third-order valence-electron chi connectivity index (χ3n) is 2.31. The largest absolute Gasteiger partial charge is 0.489 e. The van der Waals surface area contributed by atoms with Gasteiger partial charge in [-0.2, -0.15) is 11.8 Å². The van der Waals surface area contributed by atoms with E-state index in [2.05, 4.69) is 6.26 Å². The summed E-state index contributed by atoms with van der Waals surface area (Å²) in [6, 6.07) is 5.61. The molecule has 0 radical (unpaired) electrons. The van der Waals surface area contributed by atoms with Crippen LogP contribution in [-0.2, 0) is 6.42 Å². The molecule has 1 heterocycles. The normalized spacial score (nSPS) is 18.8. The Hall–Kier alpha value is -0.960. The molecule has 1 aliphatic rings. The lowest BCUT2D eigenvalue weighted by molar-refractivity contribution is 0.112. The minimum Gasteiger partial charge on any atom is -0.489 e. The molecule has 1 atom stereocenters. The number of thioether (sulfide) groups is 1. The average molecular weight is 208 g/mol. The topological polar surface area (TPSA) is 26.3 Å². The van der Waals surface area contributed by atoms with Gasteiger partial charge in [0.15, 0.2) is 0 Å². The lowest BCUT2D eigenvalue weighted by atomic mass is 10.1. The second-order valence-corrected chi connectivity index (χ2v) is 4.30. The minimum absolute atomic E-state index is 0.280. The number of fused-ring (bicyclic) bond motifs is 1. The molecule has 0 N–H and O–H groups in total. The van der Waals surface area contributed by atoms with Gasteiger partial charge in [-0.25, -0.2) is 0 Å². The molecule has 2 rings (SSSR count). The molecule has 0 fully saturated rings. The quantitative estimate of drug-likeness (QED) is 0.712. The molecule has 74 valence electrons. The van der Waals surface area contributed by atoms with E-state index in [9.17, 15) is 4.79 Å². The molecule has 1 unspecified atom stereocenters. The van der Waals surface area contributed by atoms with Crippen LogP contribution in [0.1, 0.15) is 15.9 Å². The Kier molecular flexibility index (Phi) is 2.77. The van der Waals surface area contributed by atoms with Crippen LogP contribution in [0.15, 0.2) is 18.2 Å². The third-order valence-corrected chi connectivity index (χ3v) is 3.02. The zero-order chi connectivity index (χ0) is 9.97. The summed E-state index contributed by atoms with van der Waals surface area (Å²) in [5, 5.41) is 0. The highest BCUT2D eigenvalue weighted by molar-refractivity contribution is 7.98. The molecule has 14 heavy (non-hydrogen) atoms. The molecule has 0 bridgehead atoms. The van der Waals surface area contributed by atoms with Gasteiger partial charge in [0.25, 0.3) is 0 Å². The third kappa shape index (κ3) is 1.77. The van der Waals surface area contributed by atoms with Crippen LogP contribution in [0.2, 0.25) is 0 Å².